The van der Waals surface area contributed by atoms with E-state index in [4.69, 9.17) is 15.6 Å². The topological polar surface area (TPSA) is 55.5 Å². The van der Waals surface area contributed by atoms with Gasteiger partial charge in [-0.1, -0.05) is 12.1 Å². The molecule has 2 atom stereocenters. The molecule has 17 heavy (non-hydrogen) atoms. The van der Waals surface area contributed by atoms with Crippen LogP contribution in [0.25, 0.3) is 0 Å². The van der Waals surface area contributed by atoms with Crippen LogP contribution in [0.4, 0.5) is 4.39 Å². The lowest BCUT2D eigenvalue weighted by molar-refractivity contribution is 0.162. The molecular formula is C13H18FNO2. The molecule has 2 unspecified atom stereocenters. The molecule has 1 aromatic rings. The molecule has 0 saturated heterocycles. The standard InChI is InChI=1S/C13H18FNO2/c1-9-3-2-4-11(12(9)14)17-10-5-6-13(15,7-10)8-16/h2-4,10,16H,5-8,15H2,1H3. The number of aliphatic hydroxyl groups excluding tert-OH is 1. The van der Waals surface area contributed by atoms with Crippen molar-refractivity contribution in [1.82, 2.24) is 0 Å². The fourth-order valence-electron chi connectivity index (χ4n) is 2.24. The first-order chi connectivity index (χ1) is 8.04. The monoisotopic (exact) mass is 239 g/mol. The molecule has 0 aliphatic heterocycles. The lowest BCUT2D eigenvalue weighted by atomic mass is 10.0. The van der Waals surface area contributed by atoms with Crippen molar-refractivity contribution in [1.29, 1.82) is 0 Å². The molecule has 0 aromatic heterocycles. The van der Waals surface area contributed by atoms with Gasteiger partial charge in [0.2, 0.25) is 0 Å². The fraction of sp³-hybridized carbons (Fsp3) is 0.538. The number of ether oxygens (including phenoxy) is 1. The van der Waals surface area contributed by atoms with E-state index < -0.39 is 5.54 Å². The zero-order valence-electron chi connectivity index (χ0n) is 9.95. The van der Waals surface area contributed by atoms with Crippen molar-refractivity contribution in [3.63, 3.8) is 0 Å². The van der Waals surface area contributed by atoms with Crippen molar-refractivity contribution < 1.29 is 14.2 Å². The zero-order chi connectivity index (χ0) is 12.5. The Kier molecular flexibility index (Phi) is 3.35. The van der Waals surface area contributed by atoms with Gasteiger partial charge in [0.15, 0.2) is 11.6 Å². The minimum atomic E-state index is -0.565. The number of aryl methyl sites for hydroxylation is 1. The van der Waals surface area contributed by atoms with Crippen LogP contribution in [0.3, 0.4) is 0 Å². The van der Waals surface area contributed by atoms with E-state index in [0.717, 1.165) is 6.42 Å². The van der Waals surface area contributed by atoms with Gasteiger partial charge < -0.3 is 15.6 Å². The average Bonchev–Trinajstić information content (AvgIpc) is 2.68. The van der Waals surface area contributed by atoms with Gasteiger partial charge in [-0.3, -0.25) is 0 Å². The fourth-order valence-corrected chi connectivity index (χ4v) is 2.24. The summed E-state index contributed by atoms with van der Waals surface area (Å²) in [4.78, 5) is 0. The summed E-state index contributed by atoms with van der Waals surface area (Å²) in [5, 5.41) is 9.15. The van der Waals surface area contributed by atoms with Crippen LogP contribution in [0.1, 0.15) is 24.8 Å². The van der Waals surface area contributed by atoms with Crippen LogP contribution in [0, 0.1) is 12.7 Å². The summed E-state index contributed by atoms with van der Waals surface area (Å²) in [5.41, 5.74) is 5.95. The Hall–Kier alpha value is -1.13. The Balaban J connectivity index is 2.05. The Labute approximate surface area is 100 Å². The third kappa shape index (κ3) is 2.58. The first-order valence-electron chi connectivity index (χ1n) is 5.85. The van der Waals surface area contributed by atoms with Crippen molar-refractivity contribution in [3.8, 4) is 5.75 Å². The summed E-state index contributed by atoms with van der Waals surface area (Å²) >= 11 is 0. The van der Waals surface area contributed by atoms with Gasteiger partial charge >= 0.3 is 0 Å². The van der Waals surface area contributed by atoms with Crippen LogP contribution < -0.4 is 10.5 Å². The predicted molar refractivity (Wildman–Crippen MR) is 63.4 cm³/mol. The summed E-state index contributed by atoms with van der Waals surface area (Å²) in [5.74, 6) is -0.0387. The van der Waals surface area contributed by atoms with Crippen LogP contribution in [-0.2, 0) is 0 Å². The molecule has 1 aliphatic rings. The average molecular weight is 239 g/mol. The van der Waals surface area contributed by atoms with E-state index in [1.54, 1.807) is 25.1 Å². The van der Waals surface area contributed by atoms with Gasteiger partial charge in [-0.05, 0) is 31.4 Å². The highest BCUT2D eigenvalue weighted by Gasteiger charge is 2.36. The Morgan fingerprint density at radius 2 is 2.35 bits per heavy atom. The number of halogens is 1. The van der Waals surface area contributed by atoms with Gasteiger partial charge in [-0.25, -0.2) is 4.39 Å². The molecule has 0 radical (unpaired) electrons. The molecular weight excluding hydrogens is 221 g/mol. The van der Waals surface area contributed by atoms with Gasteiger partial charge in [0, 0.05) is 12.0 Å². The Morgan fingerprint density at radius 3 is 3.00 bits per heavy atom. The second kappa shape index (κ2) is 4.63. The van der Waals surface area contributed by atoms with Gasteiger partial charge in [0.1, 0.15) is 6.10 Å². The summed E-state index contributed by atoms with van der Waals surface area (Å²) < 4.78 is 19.3. The summed E-state index contributed by atoms with van der Waals surface area (Å²) in [6.45, 7) is 1.65. The van der Waals surface area contributed by atoms with E-state index in [1.807, 2.05) is 0 Å². The first kappa shape index (κ1) is 12.3. The maximum Gasteiger partial charge on any atom is 0.167 e. The van der Waals surface area contributed by atoms with Crippen LogP contribution in [0.5, 0.6) is 5.75 Å². The smallest absolute Gasteiger partial charge is 0.167 e. The van der Waals surface area contributed by atoms with Gasteiger partial charge in [-0.15, -0.1) is 0 Å². The van der Waals surface area contributed by atoms with Crippen LogP contribution in [-0.4, -0.2) is 23.4 Å². The second-order valence-electron chi connectivity index (χ2n) is 4.89. The van der Waals surface area contributed by atoms with Gasteiger partial charge in [-0.2, -0.15) is 0 Å². The van der Waals surface area contributed by atoms with E-state index in [1.165, 1.54) is 0 Å². The highest BCUT2D eigenvalue weighted by Crippen LogP contribution is 2.31. The number of benzene rings is 1. The number of aliphatic hydroxyl groups is 1. The van der Waals surface area contributed by atoms with E-state index in [0.29, 0.717) is 18.4 Å². The quantitative estimate of drug-likeness (QED) is 0.845. The van der Waals surface area contributed by atoms with Gasteiger partial charge in [0.05, 0.1) is 6.61 Å². The molecule has 0 amide bonds. The minimum Gasteiger partial charge on any atom is -0.487 e. The number of nitrogens with two attached hydrogens (primary N) is 1. The molecule has 4 heteroatoms. The third-order valence-electron chi connectivity index (χ3n) is 3.36. The predicted octanol–water partition coefficient (Wildman–Crippen LogP) is 1.76. The van der Waals surface area contributed by atoms with Crippen molar-refractivity contribution in [3.05, 3.63) is 29.6 Å². The molecule has 3 N–H and O–H groups in total. The molecule has 0 bridgehead atoms. The van der Waals surface area contributed by atoms with Crippen LogP contribution in [0.15, 0.2) is 18.2 Å². The highest BCUT2D eigenvalue weighted by molar-refractivity contribution is 5.30. The molecule has 0 heterocycles. The highest BCUT2D eigenvalue weighted by atomic mass is 19.1. The summed E-state index contributed by atoms with van der Waals surface area (Å²) in [6, 6.07) is 5.10. The number of hydrogen-bond acceptors (Lipinski definition) is 3. The SMILES string of the molecule is Cc1cccc(OC2CCC(N)(CO)C2)c1F. The van der Waals surface area contributed by atoms with E-state index in [2.05, 4.69) is 0 Å². The van der Waals surface area contributed by atoms with Crippen molar-refractivity contribution in [2.45, 2.75) is 37.8 Å². The maximum atomic E-state index is 13.7. The lowest BCUT2D eigenvalue weighted by Gasteiger charge is -2.21. The molecule has 1 aliphatic carbocycles. The molecule has 0 spiro atoms. The number of hydrogen-bond donors (Lipinski definition) is 2. The van der Waals surface area contributed by atoms with E-state index >= 15 is 0 Å². The molecule has 1 saturated carbocycles. The lowest BCUT2D eigenvalue weighted by Crippen LogP contribution is -2.41. The summed E-state index contributed by atoms with van der Waals surface area (Å²) in [6.07, 6.45) is 1.92. The van der Waals surface area contributed by atoms with E-state index in [-0.39, 0.29) is 24.3 Å². The third-order valence-corrected chi connectivity index (χ3v) is 3.36. The molecule has 2 rings (SSSR count). The van der Waals surface area contributed by atoms with Crippen molar-refractivity contribution in [2.24, 2.45) is 5.73 Å². The van der Waals surface area contributed by atoms with Gasteiger partial charge in [0.25, 0.3) is 0 Å². The number of rotatable bonds is 3. The van der Waals surface area contributed by atoms with Crippen LogP contribution in [0.2, 0.25) is 0 Å². The largest absolute Gasteiger partial charge is 0.487 e. The minimum absolute atomic E-state index is 0.0524. The molecule has 1 aromatic carbocycles. The molecule has 3 nitrogen and oxygen atoms in total. The molecule has 1 fully saturated rings. The zero-order valence-corrected chi connectivity index (χ0v) is 9.95. The van der Waals surface area contributed by atoms with Crippen molar-refractivity contribution >= 4 is 0 Å². The van der Waals surface area contributed by atoms with E-state index in [9.17, 15) is 4.39 Å². The Bertz CT molecular complexity index is 410. The van der Waals surface area contributed by atoms with Crippen molar-refractivity contribution in [2.75, 3.05) is 6.61 Å². The maximum absolute atomic E-state index is 13.7. The van der Waals surface area contributed by atoms with Crippen LogP contribution >= 0.6 is 0 Å². The summed E-state index contributed by atoms with van der Waals surface area (Å²) in [7, 11) is 0. The second-order valence-corrected chi connectivity index (χ2v) is 4.89. The molecule has 94 valence electrons. The first-order valence-corrected chi connectivity index (χ1v) is 5.85. The Morgan fingerprint density at radius 1 is 1.59 bits per heavy atom. The normalized spacial score (nSPS) is 28.4.